The number of nitrogens with one attached hydrogen (secondary N) is 1. The third-order valence-electron chi connectivity index (χ3n) is 4.93. The van der Waals surface area contributed by atoms with Gasteiger partial charge in [-0.05, 0) is 31.4 Å². The van der Waals surface area contributed by atoms with Crippen LogP contribution in [0.5, 0.6) is 0 Å². The number of carbonyl (C=O) groups is 1. The van der Waals surface area contributed by atoms with Crippen LogP contribution in [0.25, 0.3) is 0 Å². The topological polar surface area (TPSA) is 52.6 Å². The first-order valence-corrected chi connectivity index (χ1v) is 9.10. The van der Waals surface area contributed by atoms with Crippen molar-refractivity contribution in [1.82, 2.24) is 10.2 Å². The molecule has 2 aromatic carbocycles. The maximum Gasteiger partial charge on any atom is 0.256 e. The van der Waals surface area contributed by atoms with Crippen LogP contribution < -0.4 is 5.32 Å². The second-order valence-electron chi connectivity index (χ2n) is 7.17. The van der Waals surface area contributed by atoms with E-state index >= 15 is 0 Å². The molecular weight excluding hydrogens is 350 g/mol. The van der Waals surface area contributed by atoms with Crippen molar-refractivity contribution in [1.29, 1.82) is 0 Å². The van der Waals surface area contributed by atoms with E-state index in [1.807, 2.05) is 31.2 Å². The van der Waals surface area contributed by atoms with E-state index in [0.717, 1.165) is 17.2 Å². The minimum Gasteiger partial charge on any atom is -0.379 e. The Hall–Kier alpha value is -2.31. The molecule has 0 bridgehead atoms. The quantitative estimate of drug-likeness (QED) is 0.818. The van der Waals surface area contributed by atoms with E-state index in [9.17, 15) is 18.7 Å². The Morgan fingerprint density at radius 1 is 1.22 bits per heavy atom. The summed E-state index contributed by atoms with van der Waals surface area (Å²) in [4.78, 5) is 14.2. The zero-order valence-electron chi connectivity index (χ0n) is 15.3. The molecule has 1 amide bonds. The predicted octanol–water partition coefficient (Wildman–Crippen LogP) is 2.92. The summed E-state index contributed by atoms with van der Waals surface area (Å²) in [7, 11) is 0. The maximum atomic E-state index is 13.9. The largest absolute Gasteiger partial charge is 0.379 e. The van der Waals surface area contributed by atoms with Gasteiger partial charge in [0.15, 0.2) is 17.2 Å². The van der Waals surface area contributed by atoms with Crippen molar-refractivity contribution in [2.75, 3.05) is 13.1 Å². The molecule has 144 valence electrons. The predicted molar refractivity (Wildman–Crippen MR) is 98.8 cm³/mol. The fourth-order valence-electron chi connectivity index (χ4n) is 3.49. The molecule has 4 nitrogen and oxygen atoms in total. The van der Waals surface area contributed by atoms with Crippen LogP contribution in [0.4, 0.5) is 8.78 Å². The Labute approximate surface area is 157 Å². The number of piperidine rings is 1. The summed E-state index contributed by atoms with van der Waals surface area (Å²) in [6.07, 6.45) is 0.945. The molecule has 0 aromatic heterocycles. The van der Waals surface area contributed by atoms with Crippen molar-refractivity contribution < 1.29 is 18.7 Å². The van der Waals surface area contributed by atoms with Crippen LogP contribution in [-0.2, 0) is 17.9 Å². The summed E-state index contributed by atoms with van der Waals surface area (Å²) < 4.78 is 27.3. The number of halogens is 2. The van der Waals surface area contributed by atoms with Gasteiger partial charge >= 0.3 is 0 Å². The van der Waals surface area contributed by atoms with E-state index in [1.165, 1.54) is 17.0 Å². The molecule has 1 aliphatic rings. The Morgan fingerprint density at radius 2 is 2.00 bits per heavy atom. The summed E-state index contributed by atoms with van der Waals surface area (Å²) in [5, 5.41) is 14.0. The van der Waals surface area contributed by atoms with Crippen LogP contribution in [0.1, 0.15) is 29.5 Å². The lowest BCUT2D eigenvalue weighted by molar-refractivity contribution is -0.157. The summed E-state index contributed by atoms with van der Waals surface area (Å²) in [6, 6.07) is 11.9. The van der Waals surface area contributed by atoms with Crippen LogP contribution in [0, 0.1) is 18.6 Å². The number of nitrogens with zero attached hydrogens (tertiary/aromatic N) is 1. The van der Waals surface area contributed by atoms with Crippen LogP contribution in [0.2, 0.25) is 0 Å². The molecule has 1 atom stereocenters. The van der Waals surface area contributed by atoms with Crippen molar-refractivity contribution in [3.05, 3.63) is 70.8 Å². The molecule has 6 heteroatoms. The standard InChI is InChI=1S/C21H24F2N2O2/c1-15-5-2-6-16(11-15)12-24-14-21(27)9-4-10-25(20(21)26)13-17-7-3-8-18(22)19(17)23/h2-3,5-8,11,24,27H,4,9-10,12-14H2,1H3/t21-/m0/s1. The molecule has 2 N–H and O–H groups in total. The van der Waals surface area contributed by atoms with E-state index in [0.29, 0.717) is 25.9 Å². The minimum atomic E-state index is -1.54. The summed E-state index contributed by atoms with van der Waals surface area (Å²) in [5.41, 5.74) is 0.789. The van der Waals surface area contributed by atoms with Crippen molar-refractivity contribution in [3.63, 3.8) is 0 Å². The van der Waals surface area contributed by atoms with E-state index in [-0.39, 0.29) is 18.7 Å². The molecule has 0 unspecified atom stereocenters. The van der Waals surface area contributed by atoms with Gasteiger partial charge in [0.2, 0.25) is 0 Å². The number of rotatable bonds is 6. The molecule has 1 saturated heterocycles. The van der Waals surface area contributed by atoms with Crippen LogP contribution in [-0.4, -0.2) is 34.6 Å². The first-order chi connectivity index (χ1) is 12.9. The number of likely N-dealkylation sites (tertiary alicyclic amines) is 1. The molecule has 0 radical (unpaired) electrons. The first-order valence-electron chi connectivity index (χ1n) is 9.10. The minimum absolute atomic E-state index is 0.0530. The number of carbonyl (C=O) groups excluding carboxylic acids is 1. The highest BCUT2D eigenvalue weighted by Crippen LogP contribution is 2.25. The number of hydrogen-bond donors (Lipinski definition) is 2. The summed E-state index contributed by atoms with van der Waals surface area (Å²) in [6.45, 7) is 3.01. The number of aryl methyl sites for hydroxylation is 1. The lowest BCUT2D eigenvalue weighted by Crippen LogP contribution is -2.57. The monoisotopic (exact) mass is 374 g/mol. The Bertz CT molecular complexity index is 828. The van der Waals surface area contributed by atoms with Gasteiger partial charge in [-0.25, -0.2) is 8.78 Å². The Kier molecular flexibility index (Phi) is 5.87. The highest BCUT2D eigenvalue weighted by atomic mass is 19.2. The van der Waals surface area contributed by atoms with Gasteiger partial charge in [0, 0.05) is 31.7 Å². The lowest BCUT2D eigenvalue weighted by Gasteiger charge is -2.38. The van der Waals surface area contributed by atoms with Gasteiger partial charge in [-0.2, -0.15) is 0 Å². The smallest absolute Gasteiger partial charge is 0.256 e. The summed E-state index contributed by atoms with van der Waals surface area (Å²) >= 11 is 0. The van der Waals surface area contributed by atoms with E-state index in [2.05, 4.69) is 5.32 Å². The van der Waals surface area contributed by atoms with Crippen LogP contribution >= 0.6 is 0 Å². The summed E-state index contributed by atoms with van der Waals surface area (Å²) in [5.74, 6) is -2.34. The van der Waals surface area contributed by atoms with E-state index < -0.39 is 23.1 Å². The molecule has 3 rings (SSSR count). The van der Waals surface area contributed by atoms with E-state index in [4.69, 9.17) is 0 Å². The molecule has 1 aliphatic heterocycles. The number of benzene rings is 2. The molecule has 2 aromatic rings. The zero-order chi connectivity index (χ0) is 19.4. The number of hydrogen-bond acceptors (Lipinski definition) is 3. The molecular formula is C21H24F2N2O2. The number of amides is 1. The van der Waals surface area contributed by atoms with E-state index in [1.54, 1.807) is 0 Å². The third kappa shape index (κ3) is 4.51. The average Bonchev–Trinajstić information content (AvgIpc) is 2.63. The Morgan fingerprint density at radius 3 is 2.78 bits per heavy atom. The number of aliphatic hydroxyl groups is 1. The SMILES string of the molecule is Cc1cccc(CNC[C@@]2(O)CCCN(Cc3cccc(F)c3F)C2=O)c1. The molecule has 0 saturated carbocycles. The first kappa shape index (κ1) is 19.5. The molecule has 1 fully saturated rings. The van der Waals surface area contributed by atoms with Crippen molar-refractivity contribution in [2.24, 2.45) is 0 Å². The lowest BCUT2D eigenvalue weighted by atomic mass is 9.91. The van der Waals surface area contributed by atoms with Crippen LogP contribution in [0.15, 0.2) is 42.5 Å². The average molecular weight is 374 g/mol. The fraction of sp³-hybridized carbons (Fsp3) is 0.381. The van der Waals surface area contributed by atoms with Gasteiger partial charge < -0.3 is 15.3 Å². The maximum absolute atomic E-state index is 13.9. The van der Waals surface area contributed by atoms with Crippen LogP contribution in [0.3, 0.4) is 0 Å². The third-order valence-corrected chi connectivity index (χ3v) is 4.93. The highest BCUT2D eigenvalue weighted by Gasteiger charge is 2.41. The van der Waals surface area contributed by atoms with Gasteiger partial charge in [0.1, 0.15) is 0 Å². The van der Waals surface area contributed by atoms with Gasteiger partial charge in [-0.3, -0.25) is 4.79 Å². The highest BCUT2D eigenvalue weighted by molar-refractivity contribution is 5.86. The van der Waals surface area contributed by atoms with Crippen molar-refractivity contribution in [2.45, 2.75) is 38.5 Å². The fourth-order valence-corrected chi connectivity index (χ4v) is 3.49. The zero-order valence-corrected chi connectivity index (χ0v) is 15.3. The molecule has 0 spiro atoms. The molecule has 1 heterocycles. The molecule has 0 aliphatic carbocycles. The van der Waals surface area contributed by atoms with Crippen molar-refractivity contribution in [3.8, 4) is 0 Å². The van der Waals surface area contributed by atoms with Gasteiger partial charge in [-0.15, -0.1) is 0 Å². The second-order valence-corrected chi connectivity index (χ2v) is 7.17. The molecule has 27 heavy (non-hydrogen) atoms. The normalized spacial score (nSPS) is 20.1. The second kappa shape index (κ2) is 8.15. The van der Waals surface area contributed by atoms with Gasteiger partial charge in [-0.1, -0.05) is 42.0 Å². The Balaban J connectivity index is 1.63. The van der Waals surface area contributed by atoms with Gasteiger partial charge in [0.05, 0.1) is 0 Å². The van der Waals surface area contributed by atoms with Gasteiger partial charge in [0.25, 0.3) is 5.91 Å². The van der Waals surface area contributed by atoms with Crippen molar-refractivity contribution >= 4 is 5.91 Å².